The predicted octanol–water partition coefficient (Wildman–Crippen LogP) is 2.79. The normalized spacial score (nSPS) is 14.3. The van der Waals surface area contributed by atoms with Crippen LogP contribution in [0.5, 0.6) is 0 Å². The van der Waals surface area contributed by atoms with Crippen molar-refractivity contribution in [3.8, 4) is 0 Å². The van der Waals surface area contributed by atoms with Crippen LogP contribution in [0.2, 0.25) is 0 Å². The van der Waals surface area contributed by atoms with Gasteiger partial charge in [0.25, 0.3) is 0 Å². The zero-order chi connectivity index (χ0) is 12.3. The summed E-state index contributed by atoms with van der Waals surface area (Å²) < 4.78 is 25.6. The van der Waals surface area contributed by atoms with Crippen molar-refractivity contribution in [2.45, 2.75) is 32.4 Å². The zero-order valence-electron chi connectivity index (χ0n) is 9.86. The molecule has 0 bridgehead atoms. The molecule has 1 rings (SSSR count). The molecule has 1 aromatic rings. The summed E-state index contributed by atoms with van der Waals surface area (Å²) >= 11 is 0. The van der Waals surface area contributed by atoms with E-state index in [1.54, 1.807) is 0 Å². The Kier molecular flexibility index (Phi) is 6.60. The van der Waals surface area contributed by atoms with E-state index in [2.05, 4.69) is 0 Å². The summed E-state index contributed by atoms with van der Waals surface area (Å²) in [4.78, 5) is 0. The highest BCUT2D eigenvalue weighted by atomic mass is 35.5. The Balaban J connectivity index is 0.00000256. The zero-order valence-corrected chi connectivity index (χ0v) is 10.7. The van der Waals surface area contributed by atoms with Crippen molar-refractivity contribution in [1.82, 2.24) is 0 Å². The largest absolute Gasteiger partial charge is 0.391 e. The highest BCUT2D eigenvalue weighted by Crippen LogP contribution is 2.21. The fourth-order valence-electron chi connectivity index (χ4n) is 1.57. The summed E-state index contributed by atoms with van der Waals surface area (Å²) in [5.41, 5.74) is 6.18. The van der Waals surface area contributed by atoms with Gasteiger partial charge in [-0.15, -0.1) is 12.4 Å². The number of rotatable bonds is 4. The van der Waals surface area contributed by atoms with Gasteiger partial charge >= 0.3 is 0 Å². The third-order valence-electron chi connectivity index (χ3n) is 2.46. The van der Waals surface area contributed by atoms with Gasteiger partial charge in [-0.1, -0.05) is 19.9 Å². The van der Waals surface area contributed by atoms with Gasteiger partial charge in [0.1, 0.15) is 0 Å². The Morgan fingerprint density at radius 2 is 1.82 bits per heavy atom. The van der Waals surface area contributed by atoms with Gasteiger partial charge in [-0.2, -0.15) is 0 Å². The van der Waals surface area contributed by atoms with E-state index in [-0.39, 0.29) is 12.4 Å². The molecule has 0 saturated carbocycles. The van der Waals surface area contributed by atoms with Crippen molar-refractivity contribution in [1.29, 1.82) is 0 Å². The van der Waals surface area contributed by atoms with Crippen LogP contribution in [0, 0.1) is 17.6 Å². The van der Waals surface area contributed by atoms with Crippen LogP contribution in [0.4, 0.5) is 8.78 Å². The van der Waals surface area contributed by atoms with Crippen molar-refractivity contribution in [3.63, 3.8) is 0 Å². The fraction of sp³-hybridized carbons (Fsp3) is 0.500. The van der Waals surface area contributed by atoms with Gasteiger partial charge in [0.15, 0.2) is 11.6 Å². The molecular weight excluding hydrogens is 248 g/mol. The first-order chi connectivity index (χ1) is 7.41. The van der Waals surface area contributed by atoms with Crippen molar-refractivity contribution in [2.75, 3.05) is 0 Å². The summed E-state index contributed by atoms with van der Waals surface area (Å²) in [5, 5.41) is 9.76. The topological polar surface area (TPSA) is 46.2 Å². The number of aliphatic hydroxyl groups excluding tert-OH is 1. The summed E-state index contributed by atoms with van der Waals surface area (Å²) in [6.07, 6.45) is -0.218. The van der Waals surface area contributed by atoms with Crippen LogP contribution in [0.15, 0.2) is 18.2 Å². The Labute approximate surface area is 106 Å². The minimum atomic E-state index is -0.940. The van der Waals surface area contributed by atoms with Crippen LogP contribution in [0.25, 0.3) is 0 Å². The smallest absolute Gasteiger partial charge is 0.159 e. The van der Waals surface area contributed by atoms with Gasteiger partial charge in [0.05, 0.1) is 12.1 Å². The maximum absolute atomic E-state index is 13.0. The van der Waals surface area contributed by atoms with E-state index >= 15 is 0 Å². The van der Waals surface area contributed by atoms with Gasteiger partial charge in [0.2, 0.25) is 0 Å². The third kappa shape index (κ3) is 4.58. The highest BCUT2D eigenvalue weighted by molar-refractivity contribution is 5.85. The quantitative estimate of drug-likeness (QED) is 0.879. The third-order valence-corrected chi connectivity index (χ3v) is 2.46. The lowest BCUT2D eigenvalue weighted by Gasteiger charge is -2.20. The monoisotopic (exact) mass is 265 g/mol. The number of aliphatic hydroxyl groups is 1. The average Bonchev–Trinajstić information content (AvgIpc) is 2.20. The average molecular weight is 266 g/mol. The van der Waals surface area contributed by atoms with Crippen molar-refractivity contribution < 1.29 is 13.9 Å². The van der Waals surface area contributed by atoms with Crippen LogP contribution in [-0.2, 0) is 0 Å². The molecule has 0 aliphatic rings. The standard InChI is InChI=1S/C12H17F2NO.ClH/c1-7(2)5-11(16)12(15)8-3-4-9(13)10(14)6-8;/h3-4,6-7,11-12,16H,5,15H2,1-2H3;1H/t11-,12+;/m1./s1. The predicted molar refractivity (Wildman–Crippen MR) is 66.0 cm³/mol. The number of halogens is 3. The van der Waals surface area contributed by atoms with E-state index in [0.29, 0.717) is 17.9 Å². The number of hydrogen-bond donors (Lipinski definition) is 2. The molecule has 0 aliphatic heterocycles. The molecule has 0 amide bonds. The SMILES string of the molecule is CC(C)C[C@@H](O)[C@@H](N)c1ccc(F)c(F)c1.Cl. The molecule has 0 fully saturated rings. The maximum atomic E-state index is 13.0. The first-order valence-corrected chi connectivity index (χ1v) is 5.30. The lowest BCUT2D eigenvalue weighted by molar-refractivity contribution is 0.121. The van der Waals surface area contributed by atoms with Crippen molar-refractivity contribution in [3.05, 3.63) is 35.4 Å². The highest BCUT2D eigenvalue weighted by Gasteiger charge is 2.19. The van der Waals surface area contributed by atoms with Gasteiger partial charge in [-0.3, -0.25) is 0 Å². The van der Waals surface area contributed by atoms with Crippen LogP contribution < -0.4 is 5.73 Å². The Morgan fingerprint density at radius 3 is 2.29 bits per heavy atom. The van der Waals surface area contributed by atoms with Gasteiger partial charge in [0, 0.05) is 0 Å². The molecule has 0 heterocycles. The summed E-state index contributed by atoms with van der Waals surface area (Å²) in [6, 6.07) is 2.76. The molecule has 2 nitrogen and oxygen atoms in total. The molecule has 0 aromatic heterocycles. The van der Waals surface area contributed by atoms with Crippen LogP contribution in [0.3, 0.4) is 0 Å². The summed E-state index contributed by atoms with van der Waals surface area (Å²) in [7, 11) is 0. The Morgan fingerprint density at radius 1 is 1.24 bits per heavy atom. The number of hydrogen-bond acceptors (Lipinski definition) is 2. The molecule has 17 heavy (non-hydrogen) atoms. The van der Waals surface area contributed by atoms with E-state index in [0.717, 1.165) is 12.1 Å². The van der Waals surface area contributed by atoms with Gasteiger partial charge in [-0.25, -0.2) is 8.78 Å². The lowest BCUT2D eigenvalue weighted by atomic mass is 9.95. The molecule has 2 atom stereocenters. The molecule has 0 radical (unpaired) electrons. The lowest BCUT2D eigenvalue weighted by Crippen LogP contribution is -2.27. The van der Waals surface area contributed by atoms with Crippen molar-refractivity contribution in [2.24, 2.45) is 11.7 Å². The molecular formula is C12H18ClF2NO. The first-order valence-electron chi connectivity index (χ1n) is 5.30. The minimum absolute atomic E-state index is 0. The summed E-state index contributed by atoms with van der Waals surface area (Å²) in [6.45, 7) is 3.92. The van der Waals surface area contributed by atoms with Crippen LogP contribution >= 0.6 is 12.4 Å². The molecule has 1 aromatic carbocycles. The van der Waals surface area contributed by atoms with Crippen molar-refractivity contribution >= 4 is 12.4 Å². The molecule has 0 aliphatic carbocycles. The van der Waals surface area contributed by atoms with E-state index in [4.69, 9.17) is 5.73 Å². The molecule has 0 unspecified atom stereocenters. The van der Waals surface area contributed by atoms with Crippen LogP contribution in [-0.4, -0.2) is 11.2 Å². The number of benzene rings is 1. The maximum Gasteiger partial charge on any atom is 0.159 e. The molecule has 0 saturated heterocycles. The number of nitrogens with two attached hydrogens (primary N) is 1. The second kappa shape index (κ2) is 6.89. The van der Waals surface area contributed by atoms with E-state index in [1.807, 2.05) is 13.8 Å². The second-order valence-electron chi connectivity index (χ2n) is 4.40. The molecule has 5 heteroatoms. The second-order valence-corrected chi connectivity index (χ2v) is 4.40. The van der Waals surface area contributed by atoms with Gasteiger partial charge in [-0.05, 0) is 30.0 Å². The van der Waals surface area contributed by atoms with E-state index in [9.17, 15) is 13.9 Å². The fourth-order valence-corrected chi connectivity index (χ4v) is 1.57. The molecule has 0 spiro atoms. The Hall–Kier alpha value is -0.710. The molecule has 98 valence electrons. The van der Waals surface area contributed by atoms with E-state index in [1.165, 1.54) is 6.07 Å². The van der Waals surface area contributed by atoms with Gasteiger partial charge < -0.3 is 10.8 Å². The molecule has 3 N–H and O–H groups in total. The summed E-state index contributed by atoms with van der Waals surface area (Å²) in [5.74, 6) is -1.55. The Bertz CT molecular complexity index is 360. The van der Waals surface area contributed by atoms with E-state index < -0.39 is 23.8 Å². The van der Waals surface area contributed by atoms with Crippen LogP contribution in [0.1, 0.15) is 31.9 Å². The minimum Gasteiger partial charge on any atom is -0.391 e. The first kappa shape index (κ1) is 16.3.